The van der Waals surface area contributed by atoms with Gasteiger partial charge in [0.25, 0.3) is 0 Å². The molecule has 1 aromatic carbocycles. The molecule has 11 heteroatoms. The predicted molar refractivity (Wildman–Crippen MR) is 184 cm³/mol. The Morgan fingerprint density at radius 1 is 0.532 bits per heavy atom. The normalized spacial score (nSPS) is 11.0. The molecule has 47 heavy (non-hydrogen) atoms. The first-order valence-electron chi connectivity index (χ1n) is 18.3. The topological polar surface area (TPSA) is 80.8 Å². The molecule has 0 saturated carbocycles. The molecule has 0 aliphatic carbocycles. The van der Waals surface area contributed by atoms with Gasteiger partial charge >= 0.3 is 24.9 Å². The number of unbranched alkanes of at least 4 members (excludes halogenated alkanes) is 22. The van der Waals surface area contributed by atoms with Crippen LogP contribution in [-0.2, 0) is 9.47 Å². The van der Waals surface area contributed by atoms with Crippen LogP contribution >= 0.6 is 0 Å². The summed E-state index contributed by atoms with van der Waals surface area (Å²) >= 11 is 0. The molecule has 1 aromatic rings. The molecule has 0 fully saturated rings. The van der Waals surface area contributed by atoms with Crippen LogP contribution in [0.4, 0.5) is 23.0 Å². The lowest BCUT2D eigenvalue weighted by atomic mass is 10.1. The number of carbonyl (C=O) groups excluding carboxylic acids is 2. The highest BCUT2D eigenvalue weighted by atomic mass is 19.5. The number of diazo groups is 1. The molecule has 0 heterocycles. The van der Waals surface area contributed by atoms with Crippen molar-refractivity contribution < 1.29 is 36.3 Å². The van der Waals surface area contributed by atoms with Crippen molar-refractivity contribution in [2.75, 3.05) is 13.2 Å². The quantitative estimate of drug-likeness (QED) is 0.0291. The van der Waals surface area contributed by atoms with Gasteiger partial charge in [-0.3, -0.25) is 0 Å². The first-order valence-corrected chi connectivity index (χ1v) is 18.3. The fourth-order valence-corrected chi connectivity index (χ4v) is 5.29. The minimum atomic E-state index is -6.00. The Kier molecular flexibility index (Phi) is 29.0. The maximum absolute atomic E-state index is 12.6. The lowest BCUT2D eigenvalue weighted by Crippen LogP contribution is -2.10. The Bertz CT molecular complexity index is 907. The summed E-state index contributed by atoms with van der Waals surface area (Å²) in [5.74, 6) is -1.03. The second kappa shape index (κ2) is 30.7. The number of hydrogen-bond donors (Lipinski definition) is 0. The molecule has 0 aromatic heterocycles. The Balaban J connectivity index is 0.00000391. The minimum Gasteiger partial charge on any atom is -0.462 e. The zero-order valence-corrected chi connectivity index (χ0v) is 29.2. The van der Waals surface area contributed by atoms with Gasteiger partial charge < -0.3 is 26.7 Å². The highest BCUT2D eigenvalue weighted by Gasteiger charge is 2.21. The molecule has 0 atom stereocenters. The van der Waals surface area contributed by atoms with Gasteiger partial charge in [0.15, 0.2) is 4.98 Å². The van der Waals surface area contributed by atoms with E-state index in [4.69, 9.17) is 9.47 Å². The minimum absolute atomic E-state index is 0.132. The van der Waals surface area contributed by atoms with E-state index in [9.17, 15) is 32.2 Å². The third-order valence-electron chi connectivity index (χ3n) is 7.97. The summed E-state index contributed by atoms with van der Waals surface area (Å²) < 4.78 is 49.8. The van der Waals surface area contributed by atoms with Crippen LogP contribution in [-0.4, -0.2) is 32.4 Å². The molecule has 1 rings (SSSR count). The molecule has 6 nitrogen and oxygen atoms in total. The molecule has 0 unspecified atom stereocenters. The van der Waals surface area contributed by atoms with Crippen molar-refractivity contribution in [1.82, 2.24) is 0 Å². The van der Waals surface area contributed by atoms with Gasteiger partial charge in [-0.25, -0.2) is 9.59 Å². The fraction of sp³-hybridized carbons (Fsp3) is 0.778. The van der Waals surface area contributed by atoms with Gasteiger partial charge in [0, 0.05) is 12.1 Å². The molecular weight excluding hydrogens is 611 g/mol. The van der Waals surface area contributed by atoms with Gasteiger partial charge in [-0.05, 0) is 18.9 Å². The van der Waals surface area contributed by atoms with Crippen molar-refractivity contribution >= 4 is 24.9 Å². The van der Waals surface area contributed by atoms with Crippen molar-refractivity contribution in [2.45, 2.75) is 168 Å². The van der Waals surface area contributed by atoms with E-state index in [1.165, 1.54) is 134 Å². The second-order valence-corrected chi connectivity index (χ2v) is 12.4. The molecule has 0 aliphatic heterocycles. The van der Waals surface area contributed by atoms with Crippen molar-refractivity contribution in [2.24, 2.45) is 0 Å². The highest BCUT2D eigenvalue weighted by molar-refractivity contribution is 6.50. The average Bonchev–Trinajstić information content (AvgIpc) is 3.04. The van der Waals surface area contributed by atoms with Gasteiger partial charge in [0.05, 0.1) is 24.3 Å². The summed E-state index contributed by atoms with van der Waals surface area (Å²) in [6, 6.07) is 4.31. The lowest BCUT2D eigenvalue weighted by molar-refractivity contribution is 0.0496. The van der Waals surface area contributed by atoms with Crippen LogP contribution in [0.5, 0.6) is 0 Å². The third kappa shape index (κ3) is 30.4. The molecule has 0 saturated heterocycles. The molecule has 0 aliphatic rings. The average molecular weight is 673 g/mol. The maximum atomic E-state index is 12.6. The van der Waals surface area contributed by atoms with Gasteiger partial charge in [-0.2, -0.15) is 0 Å². The Morgan fingerprint density at radius 2 is 0.787 bits per heavy atom. The van der Waals surface area contributed by atoms with Crippen molar-refractivity contribution in [3.8, 4) is 0 Å². The number of esters is 2. The Hall–Kier alpha value is -2.64. The monoisotopic (exact) mass is 672 g/mol. The lowest BCUT2D eigenvalue weighted by Gasteiger charge is -2.07. The molecule has 0 amide bonds. The van der Waals surface area contributed by atoms with E-state index in [-0.39, 0.29) is 16.8 Å². The van der Waals surface area contributed by atoms with E-state index in [2.05, 4.69) is 18.8 Å². The first kappa shape index (κ1) is 44.4. The Morgan fingerprint density at radius 3 is 1.04 bits per heavy atom. The summed E-state index contributed by atoms with van der Waals surface area (Å²) in [4.78, 5) is 28.3. The van der Waals surface area contributed by atoms with Crippen molar-refractivity contribution in [3.05, 3.63) is 34.3 Å². The van der Waals surface area contributed by atoms with E-state index in [0.29, 0.717) is 13.2 Å². The summed E-state index contributed by atoms with van der Waals surface area (Å²) in [7, 11) is -6.00. The number of halogens is 4. The largest absolute Gasteiger partial charge is 0.673 e. The van der Waals surface area contributed by atoms with Crippen LogP contribution < -0.4 is 0 Å². The van der Waals surface area contributed by atoms with E-state index in [0.717, 1.165) is 38.5 Å². The van der Waals surface area contributed by atoms with Crippen LogP contribution in [0.25, 0.3) is 4.98 Å². The predicted octanol–water partition coefficient (Wildman–Crippen LogP) is 13.2. The van der Waals surface area contributed by atoms with Gasteiger partial charge in [0.1, 0.15) is 0 Å². The molecule has 270 valence electrons. The van der Waals surface area contributed by atoms with Crippen LogP contribution in [0.1, 0.15) is 189 Å². The Labute approximate surface area is 281 Å². The first-order chi connectivity index (χ1) is 22.6. The van der Waals surface area contributed by atoms with Gasteiger partial charge in [0.2, 0.25) is 5.39 Å². The van der Waals surface area contributed by atoms with Gasteiger partial charge in [-0.1, -0.05) is 155 Å². The standard InChI is InChI=1S/C36H61N2O4.BF4/c1-3-5-7-9-11-13-15-17-19-21-23-25-27-41-35(39)32-29-33(31-34(30-32)38-37)36(40)42-28-26-24-22-20-18-16-14-12-10-8-6-4-2;2-1(3,4)5/h29-31H,3-28H2,1-2H3;/q+1;-1. The van der Waals surface area contributed by atoms with Crippen molar-refractivity contribution in [3.63, 3.8) is 0 Å². The van der Waals surface area contributed by atoms with Crippen LogP contribution in [0.3, 0.4) is 0 Å². The fourth-order valence-electron chi connectivity index (χ4n) is 5.29. The zero-order valence-electron chi connectivity index (χ0n) is 29.2. The maximum Gasteiger partial charge on any atom is 0.673 e. The van der Waals surface area contributed by atoms with E-state index < -0.39 is 19.2 Å². The number of ether oxygens (including phenoxy) is 2. The number of nitrogens with zero attached hydrogens (tertiary/aromatic N) is 2. The molecule has 0 spiro atoms. The van der Waals surface area contributed by atoms with Crippen LogP contribution in [0.15, 0.2) is 18.2 Å². The van der Waals surface area contributed by atoms with Crippen LogP contribution in [0.2, 0.25) is 0 Å². The summed E-state index contributed by atoms with van der Waals surface area (Å²) in [6.07, 6.45) is 29.9. The molecule has 0 bridgehead atoms. The third-order valence-corrected chi connectivity index (χ3v) is 7.97. The smallest absolute Gasteiger partial charge is 0.462 e. The zero-order chi connectivity index (χ0) is 35.0. The summed E-state index contributed by atoms with van der Waals surface area (Å²) in [5.41, 5.74) is 0.523. The van der Waals surface area contributed by atoms with E-state index in [1.54, 1.807) is 0 Å². The van der Waals surface area contributed by atoms with Crippen LogP contribution in [0, 0.1) is 5.39 Å². The highest BCUT2D eigenvalue weighted by Crippen LogP contribution is 2.20. The van der Waals surface area contributed by atoms with E-state index in [1.807, 2.05) is 0 Å². The SMILES string of the molecule is CCCCCCCCCCCCCCOC(=O)c1cc([N+]#N)cc(C(=O)OCCCCCCCCCCCCCC)c1.F[B-](F)(F)F. The summed E-state index contributed by atoms with van der Waals surface area (Å²) in [5, 5.41) is 9.27. The van der Waals surface area contributed by atoms with Crippen molar-refractivity contribution in [1.29, 1.82) is 5.39 Å². The molecule has 0 N–H and O–H groups in total. The summed E-state index contributed by atoms with van der Waals surface area (Å²) in [6.45, 7) is 5.19. The number of hydrogen-bond acceptors (Lipinski definition) is 5. The second-order valence-electron chi connectivity index (χ2n) is 12.4. The van der Waals surface area contributed by atoms with E-state index >= 15 is 0 Å². The molecule has 0 radical (unpaired) electrons. The number of rotatable bonds is 28. The number of carbonyl (C=O) groups is 2. The molecular formula is C36H61BF4N2O4. The van der Waals surface area contributed by atoms with Gasteiger partial charge in [-0.15, -0.1) is 0 Å². The number of benzene rings is 1.